The van der Waals surface area contributed by atoms with E-state index >= 15 is 0 Å². The van der Waals surface area contributed by atoms with E-state index in [4.69, 9.17) is 5.73 Å². The molecule has 2 unspecified atom stereocenters. The third-order valence-corrected chi connectivity index (χ3v) is 4.39. The van der Waals surface area contributed by atoms with E-state index in [9.17, 15) is 4.79 Å². The van der Waals surface area contributed by atoms with Gasteiger partial charge < -0.3 is 11.1 Å². The summed E-state index contributed by atoms with van der Waals surface area (Å²) in [7, 11) is 0. The zero-order chi connectivity index (χ0) is 13.4. The van der Waals surface area contributed by atoms with Crippen LogP contribution in [0.4, 0.5) is 5.69 Å². The number of nitrogens with one attached hydrogen (secondary N) is 2. The molecule has 0 saturated heterocycles. The molecule has 0 spiro atoms. The van der Waals surface area contributed by atoms with Crippen LogP contribution in [0.5, 0.6) is 0 Å². The van der Waals surface area contributed by atoms with Crippen molar-refractivity contribution in [3.63, 3.8) is 0 Å². The first kappa shape index (κ1) is 12.5. The second kappa shape index (κ2) is 4.87. The molecule has 1 aromatic rings. The highest BCUT2D eigenvalue weighted by atomic mass is 16.1. The molecular formula is C14H22N4O. The fourth-order valence-electron chi connectivity index (χ4n) is 3.05. The Labute approximate surface area is 113 Å². The van der Waals surface area contributed by atoms with E-state index in [0.29, 0.717) is 23.2 Å². The van der Waals surface area contributed by atoms with Crippen molar-refractivity contribution < 1.29 is 4.79 Å². The Morgan fingerprint density at radius 3 is 2.84 bits per heavy atom. The lowest BCUT2D eigenvalue weighted by molar-refractivity contribution is 0.0943. The Hall–Kier alpha value is -1.52. The van der Waals surface area contributed by atoms with Crippen molar-refractivity contribution in [3.05, 3.63) is 11.4 Å². The van der Waals surface area contributed by atoms with Crippen molar-refractivity contribution in [2.45, 2.75) is 44.9 Å². The third kappa shape index (κ3) is 2.60. The quantitative estimate of drug-likeness (QED) is 0.776. The van der Waals surface area contributed by atoms with Gasteiger partial charge in [-0.3, -0.25) is 9.89 Å². The predicted octanol–water partition coefficient (Wildman–Crippen LogP) is 2.04. The Bertz CT molecular complexity index is 478. The topological polar surface area (TPSA) is 83.8 Å². The number of hydrogen-bond acceptors (Lipinski definition) is 3. The number of nitrogen functional groups attached to an aromatic ring is 1. The second-order valence-corrected chi connectivity index (χ2v) is 6.17. The summed E-state index contributed by atoms with van der Waals surface area (Å²) in [5.41, 5.74) is 7.85. The van der Waals surface area contributed by atoms with Crippen LogP contribution < -0.4 is 11.1 Å². The average molecular weight is 262 g/mol. The molecule has 1 amide bonds. The maximum absolute atomic E-state index is 12.1. The van der Waals surface area contributed by atoms with Gasteiger partial charge in [-0.15, -0.1) is 0 Å². The minimum Gasteiger partial charge on any atom is -0.395 e. The number of aromatic amines is 1. The normalized spacial score (nSPS) is 26.6. The van der Waals surface area contributed by atoms with Crippen LogP contribution in [-0.2, 0) is 0 Å². The first-order valence-electron chi connectivity index (χ1n) is 7.27. The lowest BCUT2D eigenvalue weighted by Gasteiger charge is -2.10. The average Bonchev–Trinajstić information content (AvgIpc) is 3.03. The molecule has 5 heteroatoms. The first-order valence-corrected chi connectivity index (χ1v) is 7.27. The minimum atomic E-state index is -0.139. The van der Waals surface area contributed by atoms with E-state index in [-0.39, 0.29) is 5.91 Å². The number of hydrogen-bond donors (Lipinski definition) is 3. The molecule has 2 fully saturated rings. The molecule has 0 bridgehead atoms. The lowest BCUT2D eigenvalue weighted by atomic mass is 10.1. The molecule has 1 heterocycles. The number of carbonyl (C=O) groups excluding carboxylic acids is 1. The van der Waals surface area contributed by atoms with E-state index in [2.05, 4.69) is 22.4 Å². The van der Waals surface area contributed by atoms with Crippen molar-refractivity contribution in [1.82, 2.24) is 15.5 Å². The Balaban J connectivity index is 1.58. The van der Waals surface area contributed by atoms with Crippen LogP contribution in [0.1, 0.15) is 61.1 Å². The fourth-order valence-corrected chi connectivity index (χ4v) is 3.05. The molecular weight excluding hydrogens is 240 g/mol. The second-order valence-electron chi connectivity index (χ2n) is 6.17. The van der Waals surface area contributed by atoms with Crippen molar-refractivity contribution in [2.75, 3.05) is 12.3 Å². The highest BCUT2D eigenvalue weighted by Crippen LogP contribution is 2.42. The van der Waals surface area contributed by atoms with Crippen molar-refractivity contribution in [2.24, 2.45) is 11.8 Å². The zero-order valence-corrected chi connectivity index (χ0v) is 11.4. The molecule has 0 aliphatic heterocycles. The molecule has 2 aliphatic carbocycles. The summed E-state index contributed by atoms with van der Waals surface area (Å²) >= 11 is 0. The van der Waals surface area contributed by atoms with E-state index in [1.807, 2.05) is 0 Å². The van der Waals surface area contributed by atoms with Crippen LogP contribution in [0.25, 0.3) is 0 Å². The van der Waals surface area contributed by atoms with Gasteiger partial charge in [-0.1, -0.05) is 13.3 Å². The van der Waals surface area contributed by atoms with Crippen LogP contribution in [-0.4, -0.2) is 22.6 Å². The molecule has 0 radical (unpaired) electrons. The van der Waals surface area contributed by atoms with E-state index < -0.39 is 0 Å². The van der Waals surface area contributed by atoms with Gasteiger partial charge in [0.15, 0.2) is 5.69 Å². The van der Waals surface area contributed by atoms with Crippen molar-refractivity contribution >= 4 is 11.6 Å². The number of anilines is 1. The van der Waals surface area contributed by atoms with Crippen LogP contribution in [0.2, 0.25) is 0 Å². The molecule has 3 rings (SSSR count). The monoisotopic (exact) mass is 262 g/mol. The highest BCUT2D eigenvalue weighted by molar-refractivity contribution is 5.97. The minimum absolute atomic E-state index is 0.139. The summed E-state index contributed by atoms with van der Waals surface area (Å²) in [4.78, 5) is 12.1. The largest absolute Gasteiger partial charge is 0.395 e. The predicted molar refractivity (Wildman–Crippen MR) is 73.8 cm³/mol. The number of nitrogens with two attached hydrogens (primary N) is 1. The molecule has 5 nitrogen and oxygen atoms in total. The summed E-state index contributed by atoms with van der Waals surface area (Å²) in [6, 6.07) is 0. The summed E-state index contributed by atoms with van der Waals surface area (Å²) in [6.07, 6.45) is 5.99. The first-order chi connectivity index (χ1) is 9.15. The summed E-state index contributed by atoms with van der Waals surface area (Å²) in [5.74, 6) is 1.76. The fraction of sp³-hybridized carbons (Fsp3) is 0.714. The molecule has 0 aromatic carbocycles. The molecule has 2 atom stereocenters. The Morgan fingerprint density at radius 2 is 2.21 bits per heavy atom. The van der Waals surface area contributed by atoms with Crippen LogP contribution in [0.15, 0.2) is 0 Å². The molecule has 4 N–H and O–H groups in total. The van der Waals surface area contributed by atoms with Gasteiger partial charge in [0.1, 0.15) is 0 Å². The van der Waals surface area contributed by atoms with Crippen molar-refractivity contribution in [3.8, 4) is 0 Å². The van der Waals surface area contributed by atoms with Gasteiger partial charge in [0.2, 0.25) is 0 Å². The van der Waals surface area contributed by atoms with Gasteiger partial charge >= 0.3 is 0 Å². The molecule has 1 aromatic heterocycles. The summed E-state index contributed by atoms with van der Waals surface area (Å²) in [6.45, 7) is 3.02. The third-order valence-electron chi connectivity index (χ3n) is 4.39. The number of carbonyl (C=O) groups is 1. The van der Waals surface area contributed by atoms with Gasteiger partial charge in [0.05, 0.1) is 11.4 Å². The molecule has 2 aliphatic rings. The van der Waals surface area contributed by atoms with Gasteiger partial charge in [0, 0.05) is 12.5 Å². The Morgan fingerprint density at radius 1 is 1.42 bits per heavy atom. The lowest BCUT2D eigenvalue weighted by Crippen LogP contribution is -2.29. The van der Waals surface area contributed by atoms with E-state index in [1.165, 1.54) is 19.3 Å². The maximum atomic E-state index is 12.1. The van der Waals surface area contributed by atoms with Gasteiger partial charge in [0.25, 0.3) is 5.91 Å². The standard InChI is InChI=1S/C14H22N4O/c1-8-2-3-9(6-8)7-16-14(19)13-11(15)12(17-18-13)10-4-5-10/h8-10H,2-7,15H2,1H3,(H,16,19)(H,17,18). The van der Waals surface area contributed by atoms with Gasteiger partial charge in [-0.25, -0.2) is 0 Å². The number of aromatic nitrogens is 2. The summed E-state index contributed by atoms with van der Waals surface area (Å²) in [5, 5.41) is 9.96. The Kier molecular flexibility index (Phi) is 3.21. The number of amides is 1. The molecule has 19 heavy (non-hydrogen) atoms. The SMILES string of the molecule is CC1CCC(CNC(=O)c2n[nH]c(C3CC3)c2N)C1. The van der Waals surface area contributed by atoms with Crippen LogP contribution in [0, 0.1) is 11.8 Å². The van der Waals surface area contributed by atoms with Crippen LogP contribution >= 0.6 is 0 Å². The summed E-state index contributed by atoms with van der Waals surface area (Å²) < 4.78 is 0. The number of nitrogens with zero attached hydrogens (tertiary/aromatic N) is 1. The molecule has 2 saturated carbocycles. The highest BCUT2D eigenvalue weighted by Gasteiger charge is 2.30. The van der Waals surface area contributed by atoms with Gasteiger partial charge in [-0.2, -0.15) is 5.10 Å². The van der Waals surface area contributed by atoms with E-state index in [1.54, 1.807) is 0 Å². The number of rotatable bonds is 4. The van der Waals surface area contributed by atoms with Gasteiger partial charge in [-0.05, 0) is 37.5 Å². The van der Waals surface area contributed by atoms with Crippen LogP contribution in [0.3, 0.4) is 0 Å². The molecule has 104 valence electrons. The van der Waals surface area contributed by atoms with E-state index in [0.717, 1.165) is 31.0 Å². The smallest absolute Gasteiger partial charge is 0.273 e. The number of H-pyrrole nitrogens is 1. The maximum Gasteiger partial charge on any atom is 0.273 e. The zero-order valence-electron chi connectivity index (χ0n) is 11.4. The van der Waals surface area contributed by atoms with Crippen molar-refractivity contribution in [1.29, 1.82) is 0 Å².